The van der Waals surface area contributed by atoms with Crippen molar-refractivity contribution in [1.82, 2.24) is 4.57 Å². The number of carbonyl (C=O) groups is 1. The standard InChI is InChI=1S/C26H23ClN2O5S/c1-5-12-34-25(31)22-15(2)28-26-29(23(22)17-10-11-19(32-3)20(13-17)33-4)24(30)21(35-26)14-16-8-6-7-9-18(16)27/h5-11,13-14,23H,1,12H2,2-4H3/b21-14-. The molecule has 0 aliphatic carbocycles. The largest absolute Gasteiger partial charge is 0.493 e. The van der Waals surface area contributed by atoms with E-state index >= 15 is 0 Å². The van der Waals surface area contributed by atoms with Gasteiger partial charge < -0.3 is 14.2 Å². The lowest BCUT2D eigenvalue weighted by Crippen LogP contribution is -2.40. The third-order valence-electron chi connectivity index (χ3n) is 5.49. The molecule has 35 heavy (non-hydrogen) atoms. The number of aromatic nitrogens is 1. The first-order valence-electron chi connectivity index (χ1n) is 10.7. The molecule has 0 N–H and O–H groups in total. The summed E-state index contributed by atoms with van der Waals surface area (Å²) in [4.78, 5) is 31.8. The summed E-state index contributed by atoms with van der Waals surface area (Å²) in [6.07, 6.45) is 3.21. The van der Waals surface area contributed by atoms with Gasteiger partial charge in [-0.25, -0.2) is 9.79 Å². The summed E-state index contributed by atoms with van der Waals surface area (Å²) in [5.41, 5.74) is 1.78. The Morgan fingerprint density at radius 1 is 1.20 bits per heavy atom. The third kappa shape index (κ3) is 4.67. The van der Waals surface area contributed by atoms with E-state index in [0.717, 1.165) is 0 Å². The number of esters is 1. The van der Waals surface area contributed by atoms with Crippen LogP contribution in [0.3, 0.4) is 0 Å². The molecule has 9 heteroatoms. The first-order chi connectivity index (χ1) is 16.9. The highest BCUT2D eigenvalue weighted by atomic mass is 35.5. The summed E-state index contributed by atoms with van der Waals surface area (Å²) in [5, 5.41) is 0.527. The van der Waals surface area contributed by atoms with E-state index in [2.05, 4.69) is 11.6 Å². The number of carbonyl (C=O) groups excluding carboxylic acids is 1. The van der Waals surface area contributed by atoms with Gasteiger partial charge in [0.15, 0.2) is 16.3 Å². The van der Waals surface area contributed by atoms with Crippen LogP contribution in [-0.4, -0.2) is 31.4 Å². The molecule has 3 aromatic rings. The predicted molar refractivity (Wildman–Crippen MR) is 136 cm³/mol. The Labute approximate surface area is 210 Å². The van der Waals surface area contributed by atoms with Crippen LogP contribution in [0.4, 0.5) is 0 Å². The molecule has 4 rings (SSSR count). The Bertz CT molecular complexity index is 1520. The Kier molecular flexibility index (Phi) is 7.23. The van der Waals surface area contributed by atoms with Crippen LogP contribution in [0.1, 0.15) is 24.1 Å². The number of nitrogens with zero attached hydrogens (tertiary/aromatic N) is 2. The number of hydrogen-bond donors (Lipinski definition) is 0. The van der Waals surface area contributed by atoms with Crippen LogP contribution >= 0.6 is 22.9 Å². The molecule has 180 valence electrons. The van der Waals surface area contributed by atoms with Crippen molar-refractivity contribution in [2.45, 2.75) is 13.0 Å². The van der Waals surface area contributed by atoms with E-state index in [-0.39, 0.29) is 17.7 Å². The van der Waals surface area contributed by atoms with Crippen molar-refractivity contribution in [2.75, 3.05) is 20.8 Å². The number of hydrogen-bond acceptors (Lipinski definition) is 7. The zero-order valence-electron chi connectivity index (χ0n) is 19.4. The van der Waals surface area contributed by atoms with Gasteiger partial charge >= 0.3 is 5.97 Å². The molecule has 1 unspecified atom stereocenters. The Hall–Kier alpha value is -3.62. The predicted octanol–water partition coefficient (Wildman–Crippen LogP) is 3.64. The molecule has 2 aromatic carbocycles. The number of benzene rings is 2. The van der Waals surface area contributed by atoms with Crippen LogP contribution < -0.4 is 24.4 Å². The highest BCUT2D eigenvalue weighted by Crippen LogP contribution is 2.36. The number of ether oxygens (including phenoxy) is 3. The topological polar surface area (TPSA) is 79.1 Å². The van der Waals surface area contributed by atoms with Gasteiger partial charge in [0.2, 0.25) is 0 Å². The number of rotatable bonds is 7. The Morgan fingerprint density at radius 3 is 2.63 bits per heavy atom. The molecule has 1 aliphatic rings. The quantitative estimate of drug-likeness (QED) is 0.358. The average Bonchev–Trinajstić information content (AvgIpc) is 3.16. The van der Waals surface area contributed by atoms with Crippen molar-refractivity contribution in [1.29, 1.82) is 0 Å². The van der Waals surface area contributed by atoms with Crippen molar-refractivity contribution >= 4 is 35.0 Å². The van der Waals surface area contributed by atoms with Crippen LogP contribution in [0.5, 0.6) is 11.5 Å². The summed E-state index contributed by atoms with van der Waals surface area (Å²) in [5.74, 6) is 0.418. The Morgan fingerprint density at radius 2 is 1.94 bits per heavy atom. The number of allylic oxidation sites excluding steroid dienone is 1. The molecule has 0 amide bonds. The molecular formula is C26H23ClN2O5S. The molecule has 0 fully saturated rings. The second kappa shape index (κ2) is 10.3. The van der Waals surface area contributed by atoms with E-state index in [1.54, 1.807) is 37.3 Å². The van der Waals surface area contributed by atoms with Gasteiger partial charge in [-0.2, -0.15) is 0 Å². The molecule has 1 aliphatic heterocycles. The molecule has 0 saturated heterocycles. The zero-order valence-corrected chi connectivity index (χ0v) is 21.0. The van der Waals surface area contributed by atoms with Gasteiger partial charge in [-0.3, -0.25) is 9.36 Å². The highest BCUT2D eigenvalue weighted by molar-refractivity contribution is 7.07. The average molecular weight is 511 g/mol. The molecule has 7 nitrogen and oxygen atoms in total. The van der Waals surface area contributed by atoms with E-state index < -0.39 is 12.0 Å². The van der Waals surface area contributed by atoms with E-state index in [4.69, 9.17) is 25.8 Å². The van der Waals surface area contributed by atoms with Crippen LogP contribution in [0.2, 0.25) is 5.02 Å². The van der Waals surface area contributed by atoms with Gasteiger partial charge in [0.05, 0.1) is 36.1 Å². The second-order valence-electron chi connectivity index (χ2n) is 7.60. The van der Waals surface area contributed by atoms with Crippen LogP contribution in [0.25, 0.3) is 6.08 Å². The molecule has 0 bridgehead atoms. The molecule has 1 atom stereocenters. The Balaban J connectivity index is 1.97. The normalized spacial score (nSPS) is 15.3. The summed E-state index contributed by atoms with van der Waals surface area (Å²) in [6, 6.07) is 11.7. The molecule has 1 aromatic heterocycles. The van der Waals surface area contributed by atoms with Crippen molar-refractivity contribution in [3.05, 3.63) is 102 Å². The number of methoxy groups -OCH3 is 2. The molecule has 0 saturated carbocycles. The van der Waals surface area contributed by atoms with Gasteiger partial charge in [0, 0.05) is 5.02 Å². The fraction of sp³-hybridized carbons (Fsp3) is 0.192. The lowest BCUT2D eigenvalue weighted by atomic mass is 9.95. The van der Waals surface area contributed by atoms with Crippen molar-refractivity contribution in [3.63, 3.8) is 0 Å². The van der Waals surface area contributed by atoms with Gasteiger partial charge in [-0.1, -0.05) is 59.9 Å². The second-order valence-corrected chi connectivity index (χ2v) is 9.02. The summed E-state index contributed by atoms with van der Waals surface area (Å²) >= 11 is 7.54. The zero-order chi connectivity index (χ0) is 25.1. The van der Waals surface area contributed by atoms with E-state index in [1.807, 2.05) is 18.2 Å². The van der Waals surface area contributed by atoms with E-state index in [9.17, 15) is 9.59 Å². The lowest BCUT2D eigenvalue weighted by molar-refractivity contribution is -0.138. The minimum absolute atomic E-state index is 0.0329. The van der Waals surface area contributed by atoms with Crippen molar-refractivity contribution in [2.24, 2.45) is 4.99 Å². The number of thiazole rings is 1. The fourth-order valence-corrected chi connectivity index (χ4v) is 5.09. The van der Waals surface area contributed by atoms with Gasteiger partial charge in [0.25, 0.3) is 5.56 Å². The van der Waals surface area contributed by atoms with E-state index in [1.165, 1.54) is 36.2 Å². The maximum atomic E-state index is 13.7. The fourth-order valence-electron chi connectivity index (χ4n) is 3.87. The van der Waals surface area contributed by atoms with Gasteiger partial charge in [-0.05, 0) is 42.3 Å². The first-order valence-corrected chi connectivity index (χ1v) is 11.9. The lowest BCUT2D eigenvalue weighted by Gasteiger charge is -2.25. The summed E-state index contributed by atoms with van der Waals surface area (Å²) in [6.45, 7) is 5.36. The van der Waals surface area contributed by atoms with Gasteiger partial charge in [0.1, 0.15) is 6.61 Å². The monoisotopic (exact) mass is 510 g/mol. The van der Waals surface area contributed by atoms with Crippen molar-refractivity contribution < 1.29 is 19.0 Å². The molecule has 0 spiro atoms. The number of fused-ring (bicyclic) bond motifs is 1. The highest BCUT2D eigenvalue weighted by Gasteiger charge is 2.34. The summed E-state index contributed by atoms with van der Waals surface area (Å²) in [7, 11) is 3.06. The third-order valence-corrected chi connectivity index (χ3v) is 6.82. The minimum atomic E-state index is -0.781. The molecule has 2 heterocycles. The maximum Gasteiger partial charge on any atom is 0.338 e. The summed E-state index contributed by atoms with van der Waals surface area (Å²) < 4.78 is 18.1. The van der Waals surface area contributed by atoms with Gasteiger partial charge in [-0.15, -0.1) is 0 Å². The number of halogens is 1. The smallest absolute Gasteiger partial charge is 0.338 e. The van der Waals surface area contributed by atoms with Crippen LogP contribution in [0, 0.1) is 0 Å². The van der Waals surface area contributed by atoms with Crippen molar-refractivity contribution in [3.8, 4) is 11.5 Å². The van der Waals surface area contributed by atoms with Crippen LogP contribution in [-0.2, 0) is 9.53 Å². The SMILES string of the molecule is C=CCOC(=O)C1=C(C)N=c2s/c(=C\c3ccccc3Cl)c(=O)n2C1c1ccc(OC)c(OC)c1. The molecule has 0 radical (unpaired) electrons. The minimum Gasteiger partial charge on any atom is -0.493 e. The van der Waals surface area contributed by atoms with Crippen LogP contribution in [0.15, 0.2) is 76.2 Å². The van der Waals surface area contributed by atoms with E-state index in [0.29, 0.717) is 42.7 Å². The molecular weight excluding hydrogens is 488 g/mol. The maximum absolute atomic E-state index is 13.7. The first kappa shape index (κ1) is 24.5.